The second kappa shape index (κ2) is 13.5. The molecular formula is C31H34N10O11. The van der Waals surface area contributed by atoms with Crippen molar-refractivity contribution in [3.8, 4) is 17.2 Å². The van der Waals surface area contributed by atoms with Crippen molar-refractivity contribution in [3.63, 3.8) is 0 Å². The topological polar surface area (TPSA) is 277 Å². The molecule has 0 saturated heterocycles. The van der Waals surface area contributed by atoms with Crippen LogP contribution < -0.4 is 29.7 Å². The molecule has 8 N–H and O–H groups in total. The number of fused-ring (bicyclic) bond motifs is 3. The molecule has 1 fully saturated rings. The van der Waals surface area contributed by atoms with E-state index < -0.39 is 24.4 Å². The number of nitrogens with one attached hydrogen (secondary N) is 2. The summed E-state index contributed by atoms with van der Waals surface area (Å²) < 4.78 is 22.8. The van der Waals surface area contributed by atoms with Crippen LogP contribution in [0.25, 0.3) is 11.2 Å². The molecule has 1 aliphatic carbocycles. The molecule has 4 bridgehead atoms. The third kappa shape index (κ3) is 7.36. The summed E-state index contributed by atoms with van der Waals surface area (Å²) in [6, 6.07) is 6.95. The summed E-state index contributed by atoms with van der Waals surface area (Å²) in [7, 11) is 2.87. The molecule has 1 aliphatic heterocycles. The summed E-state index contributed by atoms with van der Waals surface area (Å²) in [5.74, 6) is 0.292. The molecule has 1 atom stereocenters. The number of anilines is 3. The van der Waals surface area contributed by atoms with E-state index in [1.165, 1.54) is 26.4 Å². The lowest BCUT2D eigenvalue weighted by molar-refractivity contribution is -0.419. The van der Waals surface area contributed by atoms with E-state index in [0.29, 0.717) is 17.0 Å². The zero-order valence-corrected chi connectivity index (χ0v) is 27.6. The third-order valence-corrected chi connectivity index (χ3v) is 8.21. The SMILES string of the molecule is COc1ccc(CN(c2cc3nc4c2ncn4C(=O)NCC(c2cnn(C4CC4)n2)OCc2cc(c(OC(O)(O)O)cn2)N3)C(O)(O)O)c(OC)c1. The van der Waals surface area contributed by atoms with Crippen LogP contribution in [0.2, 0.25) is 0 Å². The zero-order valence-electron chi connectivity index (χ0n) is 27.6. The summed E-state index contributed by atoms with van der Waals surface area (Å²) in [5.41, 5.74) is 0.797. The van der Waals surface area contributed by atoms with Crippen LogP contribution in [0.3, 0.4) is 0 Å². The van der Waals surface area contributed by atoms with Gasteiger partial charge in [-0.3, -0.25) is 9.88 Å². The summed E-state index contributed by atoms with van der Waals surface area (Å²) in [6.45, 7) is -0.605. The second-order valence-corrected chi connectivity index (χ2v) is 12.0. The van der Waals surface area contributed by atoms with Gasteiger partial charge in [0.1, 0.15) is 41.0 Å². The first-order valence-corrected chi connectivity index (χ1v) is 15.8. The minimum atomic E-state index is -3.60. The highest BCUT2D eigenvalue weighted by atomic mass is 16.9. The first kappa shape index (κ1) is 34.8. The van der Waals surface area contributed by atoms with Gasteiger partial charge in [0.2, 0.25) is 0 Å². The van der Waals surface area contributed by atoms with Crippen molar-refractivity contribution < 1.29 is 54.4 Å². The Morgan fingerprint density at radius 2 is 1.83 bits per heavy atom. The van der Waals surface area contributed by atoms with E-state index in [4.69, 9.17) is 18.9 Å². The van der Waals surface area contributed by atoms with E-state index in [9.17, 15) is 35.4 Å². The molecule has 0 radical (unpaired) electrons. The van der Waals surface area contributed by atoms with Gasteiger partial charge in [0.25, 0.3) is 0 Å². The Morgan fingerprint density at radius 3 is 2.54 bits per heavy atom. The van der Waals surface area contributed by atoms with E-state index in [1.807, 2.05) is 0 Å². The van der Waals surface area contributed by atoms with Gasteiger partial charge in [0, 0.05) is 17.7 Å². The highest BCUT2D eigenvalue weighted by molar-refractivity contribution is 5.95. The molecule has 21 heteroatoms. The predicted octanol–water partition coefficient (Wildman–Crippen LogP) is -0.0955. The molecule has 5 aromatic rings. The highest BCUT2D eigenvalue weighted by Gasteiger charge is 2.35. The van der Waals surface area contributed by atoms with E-state index in [-0.39, 0.29) is 71.3 Å². The van der Waals surface area contributed by atoms with Gasteiger partial charge in [-0.2, -0.15) is 15.0 Å². The van der Waals surface area contributed by atoms with Gasteiger partial charge in [-0.05, 0) is 31.0 Å². The maximum atomic E-state index is 13.7. The van der Waals surface area contributed by atoms with Gasteiger partial charge >= 0.3 is 18.3 Å². The second-order valence-electron chi connectivity index (χ2n) is 12.0. The summed E-state index contributed by atoms with van der Waals surface area (Å²) in [4.78, 5) is 29.2. The molecule has 4 aromatic heterocycles. The average molecular weight is 723 g/mol. The Morgan fingerprint density at radius 1 is 1.02 bits per heavy atom. The van der Waals surface area contributed by atoms with Gasteiger partial charge in [0.05, 0.1) is 69.4 Å². The standard InChI is InChI=1S/C31H34N10O11/c1-49-19-6-3-16(23(8-19)50-2)13-40(30(43,44)45)22-9-26-36-20-7-17(32-12-25(20)52-31(46,47)48)14-51-24(21-10-35-41(38-21)18-4-5-18)11-33-29(42)39-15-34-27(22)28(39)37-26/h3,6-10,12,15,18,24,43-48H,4-5,11,13-14H2,1-2H3,(H,33,42)(H,36,37). The number of methoxy groups -OCH3 is 2. The number of benzene rings is 1. The number of carbonyl (C=O) groups is 1. The van der Waals surface area contributed by atoms with Crippen LogP contribution in [-0.4, -0.2) is 104 Å². The number of pyridine rings is 2. The van der Waals surface area contributed by atoms with Crippen molar-refractivity contribution in [3.05, 3.63) is 66.0 Å². The smallest absolute Gasteiger partial charge is 0.453 e. The first-order valence-electron chi connectivity index (χ1n) is 15.8. The van der Waals surface area contributed by atoms with Gasteiger partial charge in [-0.25, -0.2) is 19.3 Å². The van der Waals surface area contributed by atoms with Gasteiger partial charge in [-0.1, -0.05) is 0 Å². The van der Waals surface area contributed by atoms with Crippen LogP contribution in [0.1, 0.15) is 41.9 Å². The lowest BCUT2D eigenvalue weighted by atomic mass is 10.1. The fraction of sp³-hybridized carbons (Fsp3) is 0.355. The fourth-order valence-corrected chi connectivity index (χ4v) is 5.54. The van der Waals surface area contributed by atoms with E-state index in [0.717, 1.165) is 34.8 Å². The molecule has 1 unspecified atom stereocenters. The Labute approximate surface area is 293 Å². The lowest BCUT2D eigenvalue weighted by Crippen LogP contribution is -2.48. The van der Waals surface area contributed by atoms with Crippen LogP contribution in [0.15, 0.2) is 49.1 Å². The largest absolute Gasteiger partial charge is 0.497 e. The van der Waals surface area contributed by atoms with Crippen LogP contribution in [0.4, 0.5) is 22.0 Å². The van der Waals surface area contributed by atoms with E-state index in [2.05, 4.69) is 35.8 Å². The van der Waals surface area contributed by atoms with Crippen molar-refractivity contribution in [2.75, 3.05) is 31.0 Å². The van der Waals surface area contributed by atoms with E-state index >= 15 is 0 Å². The zero-order chi connectivity index (χ0) is 36.8. The third-order valence-electron chi connectivity index (χ3n) is 8.21. The van der Waals surface area contributed by atoms with Gasteiger partial charge in [0.15, 0.2) is 11.4 Å². The minimum absolute atomic E-state index is 0.0247. The number of aromatic nitrogens is 7. The summed E-state index contributed by atoms with van der Waals surface area (Å²) in [5, 5.41) is 75.6. The van der Waals surface area contributed by atoms with Crippen molar-refractivity contribution >= 4 is 34.4 Å². The fourth-order valence-electron chi connectivity index (χ4n) is 5.54. The van der Waals surface area contributed by atoms with Crippen LogP contribution in [0.5, 0.6) is 17.2 Å². The summed E-state index contributed by atoms with van der Waals surface area (Å²) >= 11 is 0. The van der Waals surface area contributed by atoms with Crippen LogP contribution in [-0.2, 0) is 17.9 Å². The number of amides is 1. The van der Waals surface area contributed by atoms with Gasteiger partial charge in [-0.15, -0.1) is 0 Å². The first-order chi connectivity index (χ1) is 24.8. The summed E-state index contributed by atoms with van der Waals surface area (Å²) in [6.07, 6.45) is -2.23. The molecule has 21 nitrogen and oxygen atoms in total. The molecule has 1 amide bonds. The van der Waals surface area contributed by atoms with Crippen molar-refractivity contribution in [1.82, 2.24) is 39.8 Å². The van der Waals surface area contributed by atoms with Gasteiger partial charge < -0.3 is 60.2 Å². The number of hydrogen-bond acceptors (Lipinski definition) is 18. The molecule has 1 saturated carbocycles. The predicted molar refractivity (Wildman–Crippen MR) is 175 cm³/mol. The van der Waals surface area contributed by atoms with E-state index in [1.54, 1.807) is 29.2 Å². The molecule has 5 heterocycles. The number of hydrogen-bond donors (Lipinski definition) is 8. The Balaban J connectivity index is 1.35. The Bertz CT molecular complexity index is 2110. The highest BCUT2D eigenvalue weighted by Crippen LogP contribution is 2.37. The minimum Gasteiger partial charge on any atom is -0.497 e. The number of nitrogens with zero attached hydrogens (tertiary/aromatic N) is 8. The Kier molecular flexibility index (Phi) is 9.00. The Hall–Kier alpha value is -5.68. The molecule has 1 aromatic carbocycles. The van der Waals surface area contributed by atoms with Crippen LogP contribution in [0, 0.1) is 0 Å². The number of aliphatic hydroxyl groups is 6. The lowest BCUT2D eigenvalue weighted by Gasteiger charge is -2.33. The molecule has 2 aliphatic rings. The molecule has 274 valence electrons. The maximum absolute atomic E-state index is 13.7. The quantitative estimate of drug-likeness (QED) is 0.0874. The normalized spacial score (nSPS) is 16.6. The number of ether oxygens (including phenoxy) is 4. The molecular weight excluding hydrogens is 688 g/mol. The average Bonchev–Trinajstić information content (AvgIpc) is 3.67. The monoisotopic (exact) mass is 722 g/mol. The maximum Gasteiger partial charge on any atom is 0.453 e. The number of carbonyl (C=O) groups excluding carboxylic acids is 1. The molecule has 7 rings (SSSR count). The molecule has 52 heavy (non-hydrogen) atoms. The molecule has 0 spiro atoms. The van der Waals surface area contributed by atoms with Crippen molar-refractivity contribution in [2.45, 2.75) is 50.4 Å². The number of imidazole rings is 1. The van der Waals surface area contributed by atoms with Crippen molar-refractivity contribution in [1.29, 1.82) is 0 Å². The van der Waals surface area contributed by atoms with Crippen LogP contribution >= 0.6 is 0 Å². The van der Waals surface area contributed by atoms with Crippen molar-refractivity contribution in [2.24, 2.45) is 0 Å². The number of rotatable bonds is 10.